The van der Waals surface area contributed by atoms with E-state index < -0.39 is 5.54 Å². The Hall–Kier alpha value is -1.88. The molecule has 0 saturated heterocycles. The second-order valence-corrected chi connectivity index (χ2v) is 6.74. The summed E-state index contributed by atoms with van der Waals surface area (Å²) in [6.07, 6.45) is 4.73. The van der Waals surface area contributed by atoms with Crippen molar-refractivity contribution in [3.05, 3.63) is 29.8 Å². The predicted molar refractivity (Wildman–Crippen MR) is 91.8 cm³/mol. The number of nitrogens with one attached hydrogen (secondary N) is 2. The monoisotopic (exact) mass is 317 g/mol. The number of amides is 2. The minimum absolute atomic E-state index is 0.00609. The smallest absolute Gasteiger partial charge is 0.240 e. The average molecular weight is 317 g/mol. The first-order chi connectivity index (χ1) is 10.9. The van der Waals surface area contributed by atoms with Crippen LogP contribution in [0.5, 0.6) is 0 Å². The second kappa shape index (κ2) is 7.59. The van der Waals surface area contributed by atoms with E-state index in [1.807, 2.05) is 38.1 Å². The van der Waals surface area contributed by atoms with Crippen molar-refractivity contribution in [1.29, 1.82) is 0 Å². The third kappa shape index (κ3) is 4.79. The molecule has 0 bridgehead atoms. The number of nitrogens with two attached hydrogens (primary N) is 1. The highest BCUT2D eigenvalue weighted by molar-refractivity contribution is 5.92. The topological polar surface area (TPSA) is 84.2 Å². The van der Waals surface area contributed by atoms with Crippen LogP contribution in [0.15, 0.2) is 24.3 Å². The van der Waals surface area contributed by atoms with E-state index in [1.54, 1.807) is 0 Å². The second-order valence-electron chi connectivity index (χ2n) is 6.74. The first-order valence-electron chi connectivity index (χ1n) is 8.38. The number of hydrogen-bond donors (Lipinski definition) is 3. The minimum atomic E-state index is -0.705. The van der Waals surface area contributed by atoms with Gasteiger partial charge in [-0.05, 0) is 30.5 Å². The number of anilines is 1. The Bertz CT molecular complexity index is 546. The Kier molecular flexibility index (Phi) is 5.77. The van der Waals surface area contributed by atoms with Crippen molar-refractivity contribution in [3.8, 4) is 0 Å². The largest absolute Gasteiger partial charge is 0.350 e. The molecule has 0 atom stereocenters. The summed E-state index contributed by atoms with van der Waals surface area (Å²) < 4.78 is 0. The van der Waals surface area contributed by atoms with Crippen LogP contribution < -0.4 is 16.4 Å². The van der Waals surface area contributed by atoms with Crippen LogP contribution in [0, 0.1) is 5.92 Å². The van der Waals surface area contributed by atoms with Gasteiger partial charge >= 0.3 is 0 Å². The van der Waals surface area contributed by atoms with Crippen LogP contribution in [0.3, 0.4) is 0 Å². The van der Waals surface area contributed by atoms with E-state index in [1.165, 1.54) is 0 Å². The van der Waals surface area contributed by atoms with E-state index in [4.69, 9.17) is 5.73 Å². The lowest BCUT2D eigenvalue weighted by molar-refractivity contribution is -0.127. The molecule has 5 nitrogen and oxygen atoms in total. The van der Waals surface area contributed by atoms with Crippen LogP contribution in [-0.2, 0) is 16.1 Å². The molecule has 23 heavy (non-hydrogen) atoms. The lowest BCUT2D eigenvalue weighted by atomic mass is 9.82. The van der Waals surface area contributed by atoms with E-state index in [9.17, 15) is 9.59 Å². The van der Waals surface area contributed by atoms with Crippen LogP contribution in [0.1, 0.15) is 51.5 Å². The highest BCUT2D eigenvalue weighted by Crippen LogP contribution is 2.26. The summed E-state index contributed by atoms with van der Waals surface area (Å²) in [4.78, 5) is 23.9. The Morgan fingerprint density at radius 1 is 1.13 bits per heavy atom. The zero-order valence-corrected chi connectivity index (χ0v) is 14.0. The summed E-state index contributed by atoms with van der Waals surface area (Å²) in [5.41, 5.74) is 7.26. The third-order valence-corrected chi connectivity index (χ3v) is 4.40. The third-order valence-electron chi connectivity index (χ3n) is 4.40. The van der Waals surface area contributed by atoms with E-state index >= 15 is 0 Å². The molecule has 126 valence electrons. The van der Waals surface area contributed by atoms with Gasteiger partial charge in [0.05, 0.1) is 5.54 Å². The first-order valence-corrected chi connectivity index (χ1v) is 8.38. The fraction of sp³-hybridized carbons (Fsp3) is 0.556. The van der Waals surface area contributed by atoms with Crippen molar-refractivity contribution >= 4 is 17.5 Å². The van der Waals surface area contributed by atoms with Crippen LogP contribution in [0.2, 0.25) is 0 Å². The molecule has 1 aliphatic rings. The molecule has 1 aliphatic carbocycles. The lowest BCUT2D eigenvalue weighted by Crippen LogP contribution is -2.54. The summed E-state index contributed by atoms with van der Waals surface area (Å²) in [6, 6.07) is 7.50. The van der Waals surface area contributed by atoms with Crippen molar-refractivity contribution in [3.63, 3.8) is 0 Å². The Labute approximate surface area is 138 Å². The number of hydrogen-bond acceptors (Lipinski definition) is 3. The van der Waals surface area contributed by atoms with Gasteiger partial charge in [0.25, 0.3) is 0 Å². The van der Waals surface area contributed by atoms with Gasteiger partial charge in [-0.25, -0.2) is 0 Å². The zero-order chi connectivity index (χ0) is 16.9. The first kappa shape index (κ1) is 17.5. The van der Waals surface area contributed by atoms with Gasteiger partial charge in [0.2, 0.25) is 11.8 Å². The standard InChI is InChI=1S/C18H27N3O2/c1-13(2)16(22)21-15-8-6-14(7-9-15)12-20-17(23)18(19)10-4-3-5-11-18/h6-9,13H,3-5,10-12,19H2,1-2H3,(H,20,23)(H,21,22). The molecule has 1 aromatic carbocycles. The number of carbonyl (C=O) groups excluding carboxylic acids is 2. The van der Waals surface area contributed by atoms with E-state index in [0.717, 1.165) is 43.4 Å². The SMILES string of the molecule is CC(C)C(=O)Nc1ccc(CNC(=O)C2(N)CCCCC2)cc1. The van der Waals surface area contributed by atoms with E-state index in [-0.39, 0.29) is 17.7 Å². The maximum atomic E-state index is 12.3. The molecule has 0 aromatic heterocycles. The Morgan fingerprint density at radius 2 is 1.74 bits per heavy atom. The van der Waals surface area contributed by atoms with E-state index in [2.05, 4.69) is 10.6 Å². The van der Waals surface area contributed by atoms with Crippen LogP contribution >= 0.6 is 0 Å². The molecule has 5 heteroatoms. The number of benzene rings is 1. The van der Waals surface area contributed by atoms with Gasteiger partial charge < -0.3 is 16.4 Å². The van der Waals surface area contributed by atoms with Gasteiger partial charge in [0.1, 0.15) is 0 Å². The zero-order valence-electron chi connectivity index (χ0n) is 14.0. The van der Waals surface area contributed by atoms with Crippen LogP contribution in [0.25, 0.3) is 0 Å². The van der Waals surface area contributed by atoms with Gasteiger partial charge in [-0.15, -0.1) is 0 Å². The molecule has 0 heterocycles. The molecule has 2 rings (SSSR count). The normalized spacial score (nSPS) is 16.9. The fourth-order valence-electron chi connectivity index (χ4n) is 2.76. The fourth-order valence-corrected chi connectivity index (χ4v) is 2.76. The summed E-state index contributed by atoms with van der Waals surface area (Å²) in [6.45, 7) is 4.16. The maximum absolute atomic E-state index is 12.3. The molecular formula is C18H27N3O2. The molecule has 0 unspecified atom stereocenters. The molecule has 1 fully saturated rings. The maximum Gasteiger partial charge on any atom is 0.240 e. The molecular weight excluding hydrogens is 290 g/mol. The van der Waals surface area contributed by atoms with Crippen molar-refractivity contribution in [2.75, 3.05) is 5.32 Å². The van der Waals surface area contributed by atoms with Crippen LogP contribution in [-0.4, -0.2) is 17.4 Å². The van der Waals surface area contributed by atoms with Gasteiger partial charge in [-0.3, -0.25) is 9.59 Å². The summed E-state index contributed by atoms with van der Waals surface area (Å²) >= 11 is 0. The highest BCUT2D eigenvalue weighted by Gasteiger charge is 2.34. The Morgan fingerprint density at radius 3 is 2.30 bits per heavy atom. The van der Waals surface area contributed by atoms with Crippen molar-refractivity contribution < 1.29 is 9.59 Å². The Balaban J connectivity index is 1.86. The van der Waals surface area contributed by atoms with Crippen molar-refractivity contribution in [2.45, 2.75) is 58.0 Å². The molecule has 1 aromatic rings. The van der Waals surface area contributed by atoms with Crippen molar-refractivity contribution in [1.82, 2.24) is 5.32 Å². The minimum Gasteiger partial charge on any atom is -0.350 e. The molecule has 1 saturated carbocycles. The van der Waals surface area contributed by atoms with Crippen molar-refractivity contribution in [2.24, 2.45) is 11.7 Å². The summed E-state index contributed by atoms with van der Waals surface area (Å²) in [5.74, 6) is -0.118. The molecule has 0 aliphatic heterocycles. The molecule has 0 spiro atoms. The quantitative estimate of drug-likeness (QED) is 0.780. The number of rotatable bonds is 5. The summed E-state index contributed by atoms with van der Waals surface area (Å²) in [5, 5.41) is 5.78. The average Bonchev–Trinajstić information content (AvgIpc) is 2.54. The van der Waals surface area contributed by atoms with Gasteiger partial charge in [0.15, 0.2) is 0 Å². The van der Waals surface area contributed by atoms with Gasteiger partial charge in [0, 0.05) is 18.2 Å². The number of carbonyl (C=O) groups is 2. The molecule has 0 radical (unpaired) electrons. The predicted octanol–water partition coefficient (Wildman–Crippen LogP) is 2.56. The lowest BCUT2D eigenvalue weighted by Gasteiger charge is -2.31. The highest BCUT2D eigenvalue weighted by atomic mass is 16.2. The molecule has 4 N–H and O–H groups in total. The van der Waals surface area contributed by atoms with Crippen LogP contribution in [0.4, 0.5) is 5.69 Å². The van der Waals surface area contributed by atoms with Gasteiger partial charge in [-0.2, -0.15) is 0 Å². The van der Waals surface area contributed by atoms with E-state index in [0.29, 0.717) is 6.54 Å². The molecule has 2 amide bonds. The summed E-state index contributed by atoms with van der Waals surface area (Å²) in [7, 11) is 0. The van der Waals surface area contributed by atoms with Gasteiger partial charge in [-0.1, -0.05) is 45.2 Å².